The van der Waals surface area contributed by atoms with Crippen LogP contribution in [0.5, 0.6) is 11.5 Å². The number of carbonyl (C=O) groups excluding carboxylic acids is 1. The van der Waals surface area contributed by atoms with Gasteiger partial charge in [-0.1, -0.05) is 24.3 Å². The van der Waals surface area contributed by atoms with Gasteiger partial charge in [-0.2, -0.15) is 13.2 Å². The highest BCUT2D eigenvalue weighted by Gasteiger charge is 2.34. The monoisotopic (exact) mass is 300 g/mol. The van der Waals surface area contributed by atoms with Crippen LogP contribution in [0.15, 0.2) is 48.5 Å². The van der Waals surface area contributed by atoms with E-state index >= 15 is 0 Å². The molecule has 0 aromatic heterocycles. The van der Waals surface area contributed by atoms with Gasteiger partial charge in [0.25, 0.3) is 0 Å². The molecule has 2 aromatic carbocycles. The lowest BCUT2D eigenvalue weighted by molar-refractivity contribution is -0.138. The van der Waals surface area contributed by atoms with Crippen molar-refractivity contribution in [3.63, 3.8) is 0 Å². The van der Waals surface area contributed by atoms with E-state index in [1.807, 2.05) is 0 Å². The SMILES string of the molecule is O=C(Oc1ccccc1F)Oc1ccccc1C(F)(F)F. The lowest BCUT2D eigenvalue weighted by atomic mass is 10.2. The van der Waals surface area contributed by atoms with E-state index in [2.05, 4.69) is 9.47 Å². The number of rotatable bonds is 2. The van der Waals surface area contributed by atoms with E-state index in [-0.39, 0.29) is 0 Å². The fourth-order valence-electron chi connectivity index (χ4n) is 1.52. The molecule has 3 nitrogen and oxygen atoms in total. The Balaban J connectivity index is 2.16. The van der Waals surface area contributed by atoms with Crippen LogP contribution >= 0.6 is 0 Å². The molecule has 2 rings (SSSR count). The minimum Gasteiger partial charge on any atom is -0.394 e. The van der Waals surface area contributed by atoms with Crippen molar-refractivity contribution in [2.24, 2.45) is 0 Å². The summed E-state index contributed by atoms with van der Waals surface area (Å²) in [5, 5.41) is 0. The summed E-state index contributed by atoms with van der Waals surface area (Å²) in [6.07, 6.45) is -6.15. The number of ether oxygens (including phenoxy) is 2. The molecule has 0 bridgehead atoms. The molecule has 0 spiro atoms. The van der Waals surface area contributed by atoms with E-state index in [9.17, 15) is 22.4 Å². The molecule has 21 heavy (non-hydrogen) atoms. The maximum Gasteiger partial charge on any atom is 0.519 e. The highest BCUT2D eigenvalue weighted by Crippen LogP contribution is 2.36. The van der Waals surface area contributed by atoms with Crippen LogP contribution in [0.2, 0.25) is 0 Å². The van der Waals surface area contributed by atoms with Gasteiger partial charge in [-0.25, -0.2) is 9.18 Å². The molecule has 110 valence electrons. The van der Waals surface area contributed by atoms with Crippen LogP contribution in [0.1, 0.15) is 5.56 Å². The minimum atomic E-state index is -4.69. The van der Waals surface area contributed by atoms with E-state index in [1.54, 1.807) is 0 Å². The Bertz CT molecular complexity index is 653. The van der Waals surface area contributed by atoms with Crippen LogP contribution < -0.4 is 9.47 Å². The van der Waals surface area contributed by atoms with Gasteiger partial charge in [0.05, 0.1) is 5.56 Å². The van der Waals surface area contributed by atoms with Crippen molar-refractivity contribution in [1.29, 1.82) is 0 Å². The molecule has 0 atom stereocenters. The predicted molar refractivity (Wildman–Crippen MR) is 64.5 cm³/mol. The maximum absolute atomic E-state index is 13.2. The Labute approximate surface area is 116 Å². The van der Waals surface area contributed by atoms with Gasteiger partial charge >= 0.3 is 12.3 Å². The third kappa shape index (κ3) is 3.71. The molecule has 0 aliphatic carbocycles. The molecule has 2 aromatic rings. The third-order valence-corrected chi connectivity index (χ3v) is 2.42. The average molecular weight is 300 g/mol. The first-order valence-electron chi connectivity index (χ1n) is 5.68. The molecule has 0 unspecified atom stereocenters. The highest BCUT2D eigenvalue weighted by molar-refractivity contribution is 5.67. The molecule has 0 aliphatic heterocycles. The fraction of sp³-hybridized carbons (Fsp3) is 0.0714. The summed E-state index contributed by atoms with van der Waals surface area (Å²) in [6.45, 7) is 0. The predicted octanol–water partition coefficient (Wildman–Crippen LogP) is 4.42. The average Bonchev–Trinajstić information content (AvgIpc) is 2.41. The second-order valence-electron chi connectivity index (χ2n) is 3.88. The van der Waals surface area contributed by atoms with Gasteiger partial charge in [0.15, 0.2) is 11.6 Å². The number of hydrogen-bond donors (Lipinski definition) is 0. The van der Waals surface area contributed by atoms with Gasteiger partial charge in [-0.3, -0.25) is 0 Å². The van der Waals surface area contributed by atoms with Crippen molar-refractivity contribution in [2.45, 2.75) is 6.18 Å². The van der Waals surface area contributed by atoms with Crippen molar-refractivity contribution in [1.82, 2.24) is 0 Å². The molecule has 0 saturated heterocycles. The Kier molecular flexibility index (Phi) is 4.11. The zero-order valence-corrected chi connectivity index (χ0v) is 10.4. The Morgan fingerprint density at radius 1 is 0.857 bits per heavy atom. The molecule has 7 heteroatoms. The first-order valence-corrected chi connectivity index (χ1v) is 5.68. The van der Waals surface area contributed by atoms with Crippen molar-refractivity contribution < 1.29 is 31.8 Å². The van der Waals surface area contributed by atoms with Gasteiger partial charge in [0, 0.05) is 0 Å². The molecule has 0 N–H and O–H groups in total. The van der Waals surface area contributed by atoms with Crippen molar-refractivity contribution >= 4 is 6.16 Å². The Morgan fingerprint density at radius 2 is 1.38 bits per heavy atom. The van der Waals surface area contributed by atoms with Gasteiger partial charge in [0.1, 0.15) is 5.75 Å². The third-order valence-electron chi connectivity index (χ3n) is 2.42. The Hall–Kier alpha value is -2.57. The quantitative estimate of drug-likeness (QED) is 0.468. The van der Waals surface area contributed by atoms with Crippen molar-refractivity contribution in [2.75, 3.05) is 0 Å². The van der Waals surface area contributed by atoms with Crippen molar-refractivity contribution in [3.05, 3.63) is 59.9 Å². The van der Waals surface area contributed by atoms with E-state index in [0.717, 1.165) is 30.3 Å². The van der Waals surface area contributed by atoms with Gasteiger partial charge in [-0.05, 0) is 24.3 Å². The second-order valence-corrected chi connectivity index (χ2v) is 3.88. The lowest BCUT2D eigenvalue weighted by Crippen LogP contribution is -2.17. The number of carbonyl (C=O) groups is 1. The minimum absolute atomic E-state index is 0.438. The lowest BCUT2D eigenvalue weighted by Gasteiger charge is -2.12. The first-order chi connectivity index (χ1) is 9.88. The topological polar surface area (TPSA) is 35.5 Å². The summed E-state index contributed by atoms with van der Waals surface area (Å²) >= 11 is 0. The standard InChI is InChI=1S/C14H8F4O3/c15-10-6-2-4-8-12(10)21-13(19)20-11-7-3-1-5-9(11)14(16,17)18/h1-8H. The molecular formula is C14H8F4O3. The number of para-hydroxylation sites is 2. The van der Waals surface area contributed by atoms with Gasteiger partial charge in [0.2, 0.25) is 0 Å². The summed E-state index contributed by atoms with van der Waals surface area (Å²) in [5.74, 6) is -1.99. The van der Waals surface area contributed by atoms with Crippen LogP contribution in [0.25, 0.3) is 0 Å². The Morgan fingerprint density at radius 3 is 2.00 bits per heavy atom. The smallest absolute Gasteiger partial charge is 0.394 e. The summed E-state index contributed by atoms with van der Waals surface area (Å²) < 4.78 is 60.3. The number of hydrogen-bond acceptors (Lipinski definition) is 3. The number of benzene rings is 2. The normalized spacial score (nSPS) is 11.0. The fourth-order valence-corrected chi connectivity index (χ4v) is 1.52. The molecular weight excluding hydrogens is 292 g/mol. The molecule has 0 fully saturated rings. The second kappa shape index (κ2) is 5.82. The largest absolute Gasteiger partial charge is 0.519 e. The van der Waals surface area contributed by atoms with Crippen LogP contribution in [0.3, 0.4) is 0 Å². The van der Waals surface area contributed by atoms with E-state index in [1.165, 1.54) is 18.2 Å². The van der Waals surface area contributed by atoms with Crippen molar-refractivity contribution in [3.8, 4) is 11.5 Å². The molecule has 0 radical (unpaired) electrons. The van der Waals surface area contributed by atoms with E-state index in [0.29, 0.717) is 0 Å². The highest BCUT2D eigenvalue weighted by atomic mass is 19.4. The van der Waals surface area contributed by atoms with Crippen LogP contribution in [-0.4, -0.2) is 6.16 Å². The summed E-state index contributed by atoms with van der Waals surface area (Å²) in [6, 6.07) is 9.08. The van der Waals surface area contributed by atoms with Crippen LogP contribution in [-0.2, 0) is 6.18 Å². The molecule has 0 saturated carbocycles. The first kappa shape index (κ1) is 14.8. The van der Waals surface area contributed by atoms with Gasteiger partial charge < -0.3 is 9.47 Å². The van der Waals surface area contributed by atoms with E-state index < -0.39 is 35.2 Å². The molecule has 0 amide bonds. The molecule has 0 aliphatic rings. The summed E-state index contributed by atoms with van der Waals surface area (Å²) in [5.41, 5.74) is -1.13. The summed E-state index contributed by atoms with van der Waals surface area (Å²) in [7, 11) is 0. The number of alkyl halides is 3. The van der Waals surface area contributed by atoms with Crippen LogP contribution in [0, 0.1) is 5.82 Å². The zero-order valence-electron chi connectivity index (χ0n) is 10.4. The van der Waals surface area contributed by atoms with Gasteiger partial charge in [-0.15, -0.1) is 0 Å². The zero-order chi connectivity index (χ0) is 15.5. The number of halogens is 4. The molecule has 0 heterocycles. The summed E-state index contributed by atoms with van der Waals surface area (Å²) in [4.78, 5) is 11.4. The van der Waals surface area contributed by atoms with Crippen LogP contribution in [0.4, 0.5) is 22.4 Å². The van der Waals surface area contributed by atoms with E-state index in [4.69, 9.17) is 0 Å². The maximum atomic E-state index is 13.2.